The molecule has 3 fully saturated rings. The highest BCUT2D eigenvalue weighted by atomic mass is 19.4. The van der Waals surface area contributed by atoms with E-state index in [-0.39, 0.29) is 17.6 Å². The molecule has 4 aliphatic rings. The summed E-state index contributed by atoms with van der Waals surface area (Å²) in [5, 5.41) is 2.89. The average Bonchev–Trinajstić information content (AvgIpc) is 3.46. The first-order valence-corrected chi connectivity index (χ1v) is 10.9. The number of fused-ring (bicyclic) bond motifs is 7. The van der Waals surface area contributed by atoms with E-state index in [1.807, 2.05) is 24.0 Å². The molecule has 170 valence electrons. The summed E-state index contributed by atoms with van der Waals surface area (Å²) in [5.41, 5.74) is -0.203. The van der Waals surface area contributed by atoms with Crippen molar-refractivity contribution in [2.75, 3.05) is 16.8 Å². The van der Waals surface area contributed by atoms with E-state index in [9.17, 15) is 27.6 Å². The number of nitrogens with one attached hydrogen (secondary N) is 1. The van der Waals surface area contributed by atoms with Crippen LogP contribution in [0.2, 0.25) is 0 Å². The van der Waals surface area contributed by atoms with E-state index in [4.69, 9.17) is 0 Å². The number of carbonyl (C=O) groups is 3. The zero-order chi connectivity index (χ0) is 23.3. The van der Waals surface area contributed by atoms with Crippen LogP contribution < -0.4 is 10.2 Å². The van der Waals surface area contributed by atoms with Crippen LogP contribution in [0, 0.1) is 18.8 Å². The number of hydrogen-bond donors (Lipinski definition) is 1. The molecule has 33 heavy (non-hydrogen) atoms. The van der Waals surface area contributed by atoms with Gasteiger partial charge in [-0.15, -0.1) is 0 Å². The molecule has 4 heterocycles. The Kier molecular flexibility index (Phi) is 3.98. The van der Waals surface area contributed by atoms with Gasteiger partial charge in [0, 0.05) is 17.3 Å². The molecule has 1 unspecified atom stereocenters. The summed E-state index contributed by atoms with van der Waals surface area (Å²) in [6.07, 6.45) is -3.19. The molecule has 9 heteroatoms. The topological polar surface area (TPSA) is 69.7 Å². The van der Waals surface area contributed by atoms with Gasteiger partial charge in [-0.3, -0.25) is 19.3 Å². The fourth-order valence-corrected chi connectivity index (χ4v) is 6.39. The number of nitrogens with zero attached hydrogens (tertiary/aromatic N) is 2. The van der Waals surface area contributed by atoms with Crippen LogP contribution in [0.3, 0.4) is 0 Å². The van der Waals surface area contributed by atoms with E-state index in [0.717, 1.165) is 29.0 Å². The highest BCUT2D eigenvalue weighted by Crippen LogP contribution is 2.60. The Morgan fingerprint density at radius 3 is 2.61 bits per heavy atom. The molecule has 0 bridgehead atoms. The molecular formula is C24H20F3N3O3. The van der Waals surface area contributed by atoms with Crippen LogP contribution in [0.15, 0.2) is 42.5 Å². The molecule has 1 spiro atoms. The van der Waals surface area contributed by atoms with E-state index in [1.165, 1.54) is 12.1 Å². The predicted octanol–water partition coefficient (Wildman–Crippen LogP) is 3.45. The Bertz CT molecular complexity index is 1240. The summed E-state index contributed by atoms with van der Waals surface area (Å²) in [6.45, 7) is 2.46. The fraction of sp³-hybridized carbons (Fsp3) is 0.375. The van der Waals surface area contributed by atoms with Crippen LogP contribution in [-0.4, -0.2) is 35.2 Å². The maximum Gasteiger partial charge on any atom is 0.416 e. The molecule has 4 atom stereocenters. The van der Waals surface area contributed by atoms with Gasteiger partial charge in [-0.25, -0.2) is 4.90 Å². The molecule has 1 N–H and O–H groups in total. The fourth-order valence-electron chi connectivity index (χ4n) is 6.39. The molecule has 2 aromatic rings. The second kappa shape index (κ2) is 6.44. The molecule has 0 saturated carbocycles. The van der Waals surface area contributed by atoms with Crippen molar-refractivity contribution in [1.29, 1.82) is 0 Å². The Morgan fingerprint density at radius 2 is 1.85 bits per heavy atom. The number of anilines is 2. The zero-order valence-electron chi connectivity index (χ0n) is 17.6. The standard InChI is InChI=1S/C24H20F3N3O3/c1-12-7-8-16-15(10-12)23(22(33)28-16)19-18(17-6-3-9-29(17)23)20(31)30(21(19)32)14-5-2-4-13(11-14)24(25,26)27/h2,4-5,7-8,10-11,17-19H,3,6,9H2,1H3,(H,28,33)/t17?,18-,19+,23-/m1/s1. The van der Waals surface area contributed by atoms with Crippen LogP contribution in [0.4, 0.5) is 24.5 Å². The molecule has 3 saturated heterocycles. The first-order chi connectivity index (χ1) is 15.7. The van der Waals surface area contributed by atoms with Crippen molar-refractivity contribution in [1.82, 2.24) is 4.90 Å². The van der Waals surface area contributed by atoms with Crippen LogP contribution >= 0.6 is 0 Å². The Hall–Kier alpha value is -3.20. The van der Waals surface area contributed by atoms with E-state index >= 15 is 0 Å². The molecule has 6 rings (SSSR count). The van der Waals surface area contributed by atoms with E-state index in [0.29, 0.717) is 24.2 Å². The van der Waals surface area contributed by atoms with Gasteiger partial charge in [0.1, 0.15) is 5.54 Å². The molecule has 0 radical (unpaired) electrons. The lowest BCUT2D eigenvalue weighted by atomic mass is 9.75. The normalized spacial score (nSPS) is 30.7. The summed E-state index contributed by atoms with van der Waals surface area (Å²) in [6, 6.07) is 9.45. The number of aryl methyl sites for hydroxylation is 1. The average molecular weight is 455 g/mol. The quantitative estimate of drug-likeness (QED) is 0.669. The smallest absolute Gasteiger partial charge is 0.324 e. The Morgan fingerprint density at radius 1 is 1.06 bits per heavy atom. The lowest BCUT2D eigenvalue weighted by molar-refractivity contribution is -0.137. The van der Waals surface area contributed by atoms with Gasteiger partial charge in [-0.05, 0) is 50.6 Å². The van der Waals surface area contributed by atoms with Crippen molar-refractivity contribution in [2.45, 2.75) is 37.5 Å². The largest absolute Gasteiger partial charge is 0.416 e. The number of hydrogen-bond acceptors (Lipinski definition) is 4. The first-order valence-electron chi connectivity index (χ1n) is 10.9. The lowest BCUT2D eigenvalue weighted by Gasteiger charge is -2.36. The maximum absolute atomic E-state index is 13.8. The number of imide groups is 1. The molecule has 0 aliphatic carbocycles. The third-order valence-electron chi connectivity index (χ3n) is 7.58. The van der Waals surface area contributed by atoms with E-state index in [2.05, 4.69) is 5.32 Å². The molecule has 4 aliphatic heterocycles. The molecule has 0 aromatic heterocycles. The van der Waals surface area contributed by atoms with Gasteiger partial charge in [0.15, 0.2) is 0 Å². The highest BCUT2D eigenvalue weighted by molar-refractivity contribution is 6.25. The number of alkyl halides is 3. The zero-order valence-corrected chi connectivity index (χ0v) is 17.6. The van der Waals surface area contributed by atoms with Gasteiger partial charge >= 0.3 is 6.18 Å². The van der Waals surface area contributed by atoms with Crippen molar-refractivity contribution >= 4 is 29.1 Å². The Labute approximate surface area is 187 Å². The summed E-state index contributed by atoms with van der Waals surface area (Å²) < 4.78 is 39.9. The van der Waals surface area contributed by atoms with E-state index in [1.54, 1.807) is 6.07 Å². The first kappa shape index (κ1) is 20.4. The third kappa shape index (κ3) is 2.45. The maximum atomic E-state index is 13.8. The third-order valence-corrected chi connectivity index (χ3v) is 7.58. The minimum absolute atomic E-state index is 0.114. The van der Waals surface area contributed by atoms with Crippen LogP contribution in [0.25, 0.3) is 0 Å². The number of halogens is 3. The summed E-state index contributed by atoms with van der Waals surface area (Å²) in [7, 11) is 0. The summed E-state index contributed by atoms with van der Waals surface area (Å²) in [5.74, 6) is -3.29. The van der Waals surface area contributed by atoms with Gasteiger partial charge in [-0.2, -0.15) is 13.2 Å². The van der Waals surface area contributed by atoms with E-state index < -0.39 is 40.9 Å². The van der Waals surface area contributed by atoms with Crippen LogP contribution in [0.1, 0.15) is 29.5 Å². The van der Waals surface area contributed by atoms with Crippen molar-refractivity contribution < 1.29 is 27.6 Å². The van der Waals surface area contributed by atoms with Crippen molar-refractivity contribution in [2.24, 2.45) is 11.8 Å². The summed E-state index contributed by atoms with van der Waals surface area (Å²) >= 11 is 0. The van der Waals surface area contributed by atoms with Gasteiger partial charge in [0.05, 0.1) is 23.1 Å². The minimum atomic E-state index is -4.61. The Balaban J connectivity index is 1.53. The van der Waals surface area contributed by atoms with Crippen molar-refractivity contribution in [3.8, 4) is 0 Å². The van der Waals surface area contributed by atoms with Crippen LogP contribution in [0.5, 0.6) is 0 Å². The highest BCUT2D eigenvalue weighted by Gasteiger charge is 2.74. The molecule has 2 aromatic carbocycles. The van der Waals surface area contributed by atoms with Gasteiger partial charge < -0.3 is 5.32 Å². The summed E-state index contributed by atoms with van der Waals surface area (Å²) in [4.78, 5) is 43.8. The second-order valence-electron chi connectivity index (χ2n) is 9.24. The number of benzene rings is 2. The minimum Gasteiger partial charge on any atom is -0.324 e. The molecule has 3 amide bonds. The van der Waals surface area contributed by atoms with Gasteiger partial charge in [0.25, 0.3) is 0 Å². The number of carbonyl (C=O) groups excluding carboxylic acids is 3. The van der Waals surface area contributed by atoms with Gasteiger partial charge in [0.2, 0.25) is 17.7 Å². The number of amides is 3. The second-order valence-corrected chi connectivity index (χ2v) is 9.24. The molecule has 6 nitrogen and oxygen atoms in total. The molecular weight excluding hydrogens is 435 g/mol. The van der Waals surface area contributed by atoms with Gasteiger partial charge in [-0.1, -0.05) is 23.8 Å². The lowest BCUT2D eigenvalue weighted by Crippen LogP contribution is -2.54. The number of rotatable bonds is 1. The van der Waals surface area contributed by atoms with Crippen molar-refractivity contribution in [3.63, 3.8) is 0 Å². The SMILES string of the molecule is Cc1ccc2c(c1)[C@]1(C(=O)N2)[C@@H]2C(=O)N(c3cccc(C(F)(F)F)c3)C(=O)[C@@H]2C2CCCN21. The van der Waals surface area contributed by atoms with Crippen molar-refractivity contribution in [3.05, 3.63) is 59.2 Å². The predicted molar refractivity (Wildman–Crippen MR) is 112 cm³/mol. The monoisotopic (exact) mass is 455 g/mol. The van der Waals surface area contributed by atoms with Crippen LogP contribution in [-0.2, 0) is 26.1 Å².